The van der Waals surface area contributed by atoms with E-state index in [1.165, 1.54) is 6.26 Å². The van der Waals surface area contributed by atoms with Crippen molar-refractivity contribution in [2.75, 3.05) is 6.54 Å². The minimum atomic E-state index is -0.186. The molecular weight excluding hydrogens is 278 g/mol. The summed E-state index contributed by atoms with van der Waals surface area (Å²) in [6.45, 7) is 0.633. The van der Waals surface area contributed by atoms with Gasteiger partial charge in [-0.2, -0.15) is 0 Å². The Morgan fingerprint density at radius 1 is 1.23 bits per heavy atom. The number of furan rings is 1. The summed E-state index contributed by atoms with van der Waals surface area (Å²) in [6.07, 6.45) is 3.99. The maximum atomic E-state index is 12.8. The molecule has 0 fully saturated rings. The molecule has 0 saturated heterocycles. The molecule has 110 valence electrons. The fraction of sp³-hybridized carbons (Fsp3) is 0.176. The third-order valence-electron chi connectivity index (χ3n) is 4.03. The average Bonchev–Trinajstić information content (AvgIpc) is 3.25. The zero-order chi connectivity index (χ0) is 14.9. The van der Waals surface area contributed by atoms with E-state index in [1.807, 2.05) is 35.2 Å². The Hall–Kier alpha value is -2.82. The van der Waals surface area contributed by atoms with E-state index in [9.17, 15) is 4.79 Å². The number of benzene rings is 1. The molecule has 5 nitrogen and oxygen atoms in total. The van der Waals surface area contributed by atoms with Crippen molar-refractivity contribution in [2.24, 2.45) is 0 Å². The lowest BCUT2D eigenvalue weighted by Crippen LogP contribution is -2.40. The van der Waals surface area contributed by atoms with Gasteiger partial charge in [-0.05, 0) is 17.7 Å². The maximum absolute atomic E-state index is 12.8. The molecule has 1 amide bonds. The first-order valence-electron chi connectivity index (χ1n) is 7.26. The van der Waals surface area contributed by atoms with Crippen LogP contribution in [0, 0.1) is 0 Å². The molecule has 1 N–H and O–H groups in total. The second kappa shape index (κ2) is 5.18. The maximum Gasteiger partial charge on any atom is 0.290 e. The van der Waals surface area contributed by atoms with Crippen molar-refractivity contribution < 1.29 is 9.21 Å². The van der Waals surface area contributed by atoms with Gasteiger partial charge in [0.05, 0.1) is 18.3 Å². The van der Waals surface area contributed by atoms with Crippen LogP contribution < -0.4 is 0 Å². The zero-order valence-electron chi connectivity index (χ0n) is 11.9. The van der Waals surface area contributed by atoms with Gasteiger partial charge in [0.25, 0.3) is 5.91 Å². The summed E-state index contributed by atoms with van der Waals surface area (Å²) in [5.74, 6) is 0.257. The third-order valence-corrected chi connectivity index (χ3v) is 4.03. The molecule has 1 atom stereocenters. The smallest absolute Gasteiger partial charge is 0.290 e. The summed E-state index contributed by atoms with van der Waals surface area (Å²) in [7, 11) is 0. The average molecular weight is 293 g/mol. The molecule has 1 aliphatic heterocycles. The van der Waals surface area contributed by atoms with E-state index in [4.69, 9.17) is 4.42 Å². The molecule has 3 aromatic rings. The first-order valence-corrected chi connectivity index (χ1v) is 7.26. The van der Waals surface area contributed by atoms with Gasteiger partial charge in [0.2, 0.25) is 0 Å². The van der Waals surface area contributed by atoms with Crippen LogP contribution in [-0.2, 0) is 6.42 Å². The Morgan fingerprint density at radius 2 is 2.09 bits per heavy atom. The zero-order valence-corrected chi connectivity index (χ0v) is 11.9. The van der Waals surface area contributed by atoms with E-state index in [0.717, 1.165) is 23.4 Å². The summed E-state index contributed by atoms with van der Waals surface area (Å²) in [5, 5.41) is 0. The molecular formula is C17H15N3O2. The number of imidazole rings is 1. The van der Waals surface area contributed by atoms with E-state index in [-0.39, 0.29) is 11.9 Å². The van der Waals surface area contributed by atoms with Crippen LogP contribution in [0.4, 0.5) is 0 Å². The number of carbonyl (C=O) groups is 1. The van der Waals surface area contributed by atoms with Gasteiger partial charge >= 0.3 is 0 Å². The molecule has 1 aromatic carbocycles. The number of hydrogen-bond acceptors (Lipinski definition) is 3. The normalized spacial score (nSPS) is 17.3. The highest BCUT2D eigenvalue weighted by atomic mass is 16.3. The predicted molar refractivity (Wildman–Crippen MR) is 80.3 cm³/mol. The first-order chi connectivity index (χ1) is 10.8. The van der Waals surface area contributed by atoms with Crippen molar-refractivity contribution in [3.8, 4) is 0 Å². The number of H-pyrrole nitrogens is 1. The van der Waals surface area contributed by atoms with Gasteiger partial charge in [-0.3, -0.25) is 4.79 Å². The fourth-order valence-electron chi connectivity index (χ4n) is 3.01. The minimum Gasteiger partial charge on any atom is -0.459 e. The fourth-order valence-corrected chi connectivity index (χ4v) is 3.01. The first kappa shape index (κ1) is 12.9. The van der Waals surface area contributed by atoms with E-state index >= 15 is 0 Å². The molecule has 0 bridgehead atoms. The van der Waals surface area contributed by atoms with Crippen molar-refractivity contribution in [2.45, 2.75) is 12.5 Å². The standard InChI is InChI=1S/C17H15N3O2/c21-17(14-7-4-10-22-14)20-9-8-13-15(19-11-18-13)16(20)12-5-2-1-3-6-12/h1-7,10-11,16H,8-9H2,(H,18,19). The number of hydrogen-bond donors (Lipinski definition) is 1. The van der Waals surface area contributed by atoms with Crippen molar-refractivity contribution in [3.05, 3.63) is 77.8 Å². The van der Waals surface area contributed by atoms with E-state index < -0.39 is 0 Å². The molecule has 1 unspecified atom stereocenters. The quantitative estimate of drug-likeness (QED) is 0.790. The minimum absolute atomic E-state index is 0.104. The van der Waals surface area contributed by atoms with Gasteiger partial charge in [-0.15, -0.1) is 0 Å². The molecule has 2 aromatic heterocycles. The highest BCUT2D eigenvalue weighted by molar-refractivity contribution is 5.92. The van der Waals surface area contributed by atoms with E-state index in [0.29, 0.717) is 12.3 Å². The lowest BCUT2D eigenvalue weighted by Gasteiger charge is -2.34. The molecule has 0 radical (unpaired) electrons. The molecule has 3 heterocycles. The number of rotatable bonds is 2. The Labute approximate surface area is 127 Å². The summed E-state index contributed by atoms with van der Waals surface area (Å²) in [4.78, 5) is 22.2. The van der Waals surface area contributed by atoms with Crippen LogP contribution in [-0.4, -0.2) is 27.3 Å². The molecule has 1 aliphatic rings. The lowest BCUT2D eigenvalue weighted by atomic mass is 9.95. The number of fused-ring (bicyclic) bond motifs is 1. The number of aromatic amines is 1. The SMILES string of the molecule is O=C(c1ccco1)N1CCc2[nH]cnc2C1c1ccccc1. The summed E-state index contributed by atoms with van der Waals surface area (Å²) >= 11 is 0. The van der Waals surface area contributed by atoms with Crippen LogP contribution in [0.15, 0.2) is 59.5 Å². The number of aromatic nitrogens is 2. The Morgan fingerprint density at radius 3 is 2.86 bits per heavy atom. The topological polar surface area (TPSA) is 62.1 Å². The molecule has 4 rings (SSSR count). The molecule has 0 saturated carbocycles. The van der Waals surface area contributed by atoms with Gasteiger partial charge < -0.3 is 14.3 Å². The second-order valence-corrected chi connectivity index (χ2v) is 5.31. The Bertz CT molecular complexity index is 777. The molecule has 0 spiro atoms. The summed E-state index contributed by atoms with van der Waals surface area (Å²) < 4.78 is 5.28. The Kier molecular flexibility index (Phi) is 3.04. The van der Waals surface area contributed by atoms with Crippen LogP contribution in [0.1, 0.15) is 33.5 Å². The lowest BCUT2D eigenvalue weighted by molar-refractivity contribution is 0.0658. The number of carbonyl (C=O) groups excluding carboxylic acids is 1. The van der Waals surface area contributed by atoms with Gasteiger partial charge in [-0.25, -0.2) is 4.98 Å². The van der Waals surface area contributed by atoms with E-state index in [1.54, 1.807) is 18.5 Å². The van der Waals surface area contributed by atoms with Crippen molar-refractivity contribution in [3.63, 3.8) is 0 Å². The number of amides is 1. The van der Waals surface area contributed by atoms with Gasteiger partial charge in [0.15, 0.2) is 5.76 Å². The second-order valence-electron chi connectivity index (χ2n) is 5.31. The van der Waals surface area contributed by atoms with Crippen LogP contribution in [0.5, 0.6) is 0 Å². The summed E-state index contributed by atoms with van der Waals surface area (Å²) in [5.41, 5.74) is 3.06. The highest BCUT2D eigenvalue weighted by Crippen LogP contribution is 2.34. The molecule has 5 heteroatoms. The van der Waals surface area contributed by atoms with Gasteiger partial charge in [0, 0.05) is 18.7 Å². The third kappa shape index (κ3) is 2.02. The number of nitrogens with zero attached hydrogens (tertiary/aromatic N) is 2. The Balaban J connectivity index is 1.79. The molecule has 22 heavy (non-hydrogen) atoms. The van der Waals surface area contributed by atoms with Crippen LogP contribution >= 0.6 is 0 Å². The van der Waals surface area contributed by atoms with Crippen molar-refractivity contribution >= 4 is 5.91 Å². The monoisotopic (exact) mass is 293 g/mol. The predicted octanol–water partition coefficient (Wildman–Crippen LogP) is 2.79. The summed E-state index contributed by atoms with van der Waals surface area (Å²) in [6, 6.07) is 13.2. The van der Waals surface area contributed by atoms with Crippen molar-refractivity contribution in [1.82, 2.24) is 14.9 Å². The van der Waals surface area contributed by atoms with Gasteiger partial charge in [-0.1, -0.05) is 30.3 Å². The van der Waals surface area contributed by atoms with Crippen LogP contribution in [0.3, 0.4) is 0 Å². The van der Waals surface area contributed by atoms with Crippen LogP contribution in [0.25, 0.3) is 0 Å². The number of nitrogens with one attached hydrogen (secondary N) is 1. The van der Waals surface area contributed by atoms with Crippen molar-refractivity contribution in [1.29, 1.82) is 0 Å². The van der Waals surface area contributed by atoms with Crippen LogP contribution in [0.2, 0.25) is 0 Å². The van der Waals surface area contributed by atoms with E-state index in [2.05, 4.69) is 9.97 Å². The highest BCUT2D eigenvalue weighted by Gasteiger charge is 2.35. The van der Waals surface area contributed by atoms with Gasteiger partial charge in [0.1, 0.15) is 6.04 Å². The molecule has 0 aliphatic carbocycles. The largest absolute Gasteiger partial charge is 0.459 e.